The second-order valence-corrected chi connectivity index (χ2v) is 5.22. The minimum absolute atomic E-state index is 0. The molecule has 2 aromatic rings. The molecule has 0 bridgehead atoms. The molecule has 0 aromatic carbocycles. The van der Waals surface area contributed by atoms with Crippen molar-refractivity contribution in [3.05, 3.63) is 48.0 Å². The Kier molecular flexibility index (Phi) is 9.60. The maximum atomic E-state index is 11.9. The molecule has 136 valence electrons. The summed E-state index contributed by atoms with van der Waals surface area (Å²) in [5.74, 6) is 1.90. The summed E-state index contributed by atoms with van der Waals surface area (Å²) in [6.45, 7) is 5.60. The van der Waals surface area contributed by atoms with Crippen molar-refractivity contribution in [3.8, 4) is 0 Å². The molecule has 0 radical (unpaired) electrons. The van der Waals surface area contributed by atoms with Crippen LogP contribution in [0.4, 0.5) is 5.82 Å². The molecule has 2 aromatic heterocycles. The lowest BCUT2D eigenvalue weighted by Gasteiger charge is -2.11. The Balaban J connectivity index is 0.00000312. The summed E-state index contributed by atoms with van der Waals surface area (Å²) in [5, 5.41) is 9.02. The van der Waals surface area contributed by atoms with Gasteiger partial charge in [0.25, 0.3) is 0 Å². The number of furan rings is 1. The normalized spacial score (nSPS) is 10.7. The number of hydrogen-bond acceptors (Lipinski definition) is 4. The van der Waals surface area contributed by atoms with Crippen LogP contribution in [-0.2, 0) is 11.3 Å². The Hall–Kier alpha value is -2.10. The SMILES string of the molecule is CCNC(=NCc1ccco1)NCCC(=O)Nc1ccc(C)cn1.I. The molecule has 0 saturated carbocycles. The molecule has 0 aliphatic heterocycles. The van der Waals surface area contributed by atoms with E-state index in [0.29, 0.717) is 31.3 Å². The van der Waals surface area contributed by atoms with Gasteiger partial charge in [-0.15, -0.1) is 24.0 Å². The quantitative estimate of drug-likeness (QED) is 0.338. The van der Waals surface area contributed by atoms with Crippen LogP contribution in [0.1, 0.15) is 24.7 Å². The van der Waals surface area contributed by atoms with E-state index in [1.54, 1.807) is 18.5 Å². The second-order valence-electron chi connectivity index (χ2n) is 5.22. The van der Waals surface area contributed by atoms with Gasteiger partial charge >= 0.3 is 0 Å². The van der Waals surface area contributed by atoms with Crippen LogP contribution in [-0.4, -0.2) is 29.9 Å². The van der Waals surface area contributed by atoms with E-state index in [1.807, 2.05) is 32.0 Å². The molecule has 25 heavy (non-hydrogen) atoms. The molecule has 2 heterocycles. The van der Waals surface area contributed by atoms with Gasteiger partial charge in [0.05, 0.1) is 6.26 Å². The lowest BCUT2D eigenvalue weighted by molar-refractivity contribution is -0.116. The van der Waals surface area contributed by atoms with Crippen molar-refractivity contribution < 1.29 is 9.21 Å². The van der Waals surface area contributed by atoms with Crippen LogP contribution in [0.2, 0.25) is 0 Å². The third kappa shape index (κ3) is 8.01. The Morgan fingerprint density at radius 2 is 2.12 bits per heavy atom. The zero-order valence-corrected chi connectivity index (χ0v) is 16.7. The van der Waals surface area contributed by atoms with E-state index < -0.39 is 0 Å². The number of hydrogen-bond donors (Lipinski definition) is 3. The van der Waals surface area contributed by atoms with E-state index in [1.165, 1.54) is 0 Å². The van der Waals surface area contributed by atoms with Gasteiger partial charge in [-0.1, -0.05) is 6.07 Å². The van der Waals surface area contributed by atoms with Crippen molar-refractivity contribution in [3.63, 3.8) is 0 Å². The molecule has 3 N–H and O–H groups in total. The Morgan fingerprint density at radius 3 is 2.76 bits per heavy atom. The predicted octanol–water partition coefficient (Wildman–Crippen LogP) is 2.68. The summed E-state index contributed by atoms with van der Waals surface area (Å²) in [5.41, 5.74) is 1.05. The van der Waals surface area contributed by atoms with E-state index in [2.05, 4.69) is 25.9 Å². The van der Waals surface area contributed by atoms with Crippen molar-refractivity contribution in [2.75, 3.05) is 18.4 Å². The van der Waals surface area contributed by atoms with Gasteiger partial charge in [-0.2, -0.15) is 0 Å². The molecule has 0 unspecified atom stereocenters. The topological polar surface area (TPSA) is 91.5 Å². The summed E-state index contributed by atoms with van der Waals surface area (Å²) >= 11 is 0. The molecule has 0 spiro atoms. The first-order valence-electron chi connectivity index (χ1n) is 7.94. The van der Waals surface area contributed by atoms with Crippen molar-refractivity contribution in [1.82, 2.24) is 15.6 Å². The van der Waals surface area contributed by atoms with Gasteiger partial charge in [0.1, 0.15) is 18.1 Å². The van der Waals surface area contributed by atoms with Gasteiger partial charge in [-0.05, 0) is 37.6 Å². The molecule has 7 nitrogen and oxygen atoms in total. The number of nitrogens with one attached hydrogen (secondary N) is 3. The number of aliphatic imine (C=N–C) groups is 1. The molecule has 1 amide bonds. The summed E-state index contributed by atoms with van der Waals surface area (Å²) in [7, 11) is 0. The minimum Gasteiger partial charge on any atom is -0.467 e. The highest BCUT2D eigenvalue weighted by atomic mass is 127. The largest absolute Gasteiger partial charge is 0.467 e. The monoisotopic (exact) mass is 457 g/mol. The number of carbonyl (C=O) groups excluding carboxylic acids is 1. The highest BCUT2D eigenvalue weighted by molar-refractivity contribution is 14.0. The van der Waals surface area contributed by atoms with Crippen molar-refractivity contribution in [2.45, 2.75) is 26.8 Å². The lowest BCUT2D eigenvalue weighted by atomic mass is 10.3. The third-order valence-corrected chi connectivity index (χ3v) is 3.14. The van der Waals surface area contributed by atoms with Crippen LogP contribution in [0.25, 0.3) is 0 Å². The molecule has 0 atom stereocenters. The standard InChI is InChI=1S/C17H23N5O2.HI/c1-3-18-17(21-12-14-5-4-10-24-14)19-9-8-16(23)22-15-7-6-13(2)11-20-15;/h4-7,10-11H,3,8-9,12H2,1-2H3,(H2,18,19,21)(H,20,22,23);1H. The predicted molar refractivity (Wildman–Crippen MR) is 109 cm³/mol. The number of aryl methyl sites for hydroxylation is 1. The summed E-state index contributed by atoms with van der Waals surface area (Å²) in [4.78, 5) is 20.5. The maximum absolute atomic E-state index is 11.9. The van der Waals surface area contributed by atoms with Crippen LogP contribution >= 0.6 is 24.0 Å². The molecular weight excluding hydrogens is 433 g/mol. The van der Waals surface area contributed by atoms with Crippen molar-refractivity contribution in [2.24, 2.45) is 4.99 Å². The lowest BCUT2D eigenvalue weighted by Crippen LogP contribution is -2.38. The van der Waals surface area contributed by atoms with Crippen LogP contribution < -0.4 is 16.0 Å². The first kappa shape index (κ1) is 20.9. The zero-order valence-electron chi connectivity index (χ0n) is 14.4. The average molecular weight is 457 g/mol. The molecule has 2 rings (SSSR count). The fraction of sp³-hybridized carbons (Fsp3) is 0.353. The number of guanidine groups is 1. The van der Waals surface area contributed by atoms with Gasteiger partial charge in [0.15, 0.2) is 5.96 Å². The fourth-order valence-electron chi connectivity index (χ4n) is 1.94. The van der Waals surface area contributed by atoms with E-state index in [4.69, 9.17) is 4.42 Å². The molecular formula is C17H24IN5O2. The van der Waals surface area contributed by atoms with Gasteiger partial charge < -0.3 is 20.4 Å². The number of amides is 1. The molecule has 0 saturated heterocycles. The Labute approximate surface area is 164 Å². The van der Waals surface area contributed by atoms with E-state index in [9.17, 15) is 4.79 Å². The zero-order chi connectivity index (χ0) is 17.2. The fourth-order valence-corrected chi connectivity index (χ4v) is 1.94. The van der Waals surface area contributed by atoms with E-state index >= 15 is 0 Å². The summed E-state index contributed by atoms with van der Waals surface area (Å²) < 4.78 is 5.25. The Bertz CT molecular complexity index is 656. The number of rotatable bonds is 7. The van der Waals surface area contributed by atoms with Gasteiger partial charge in [0, 0.05) is 25.7 Å². The van der Waals surface area contributed by atoms with Crippen LogP contribution in [0.15, 0.2) is 46.1 Å². The number of halogens is 1. The smallest absolute Gasteiger partial charge is 0.227 e. The highest BCUT2D eigenvalue weighted by Crippen LogP contribution is 2.04. The second kappa shape index (κ2) is 11.5. The first-order chi connectivity index (χ1) is 11.7. The highest BCUT2D eigenvalue weighted by Gasteiger charge is 2.04. The van der Waals surface area contributed by atoms with Crippen LogP contribution in [0.3, 0.4) is 0 Å². The summed E-state index contributed by atoms with van der Waals surface area (Å²) in [6.07, 6.45) is 3.66. The number of pyridine rings is 1. The number of anilines is 1. The van der Waals surface area contributed by atoms with Crippen molar-refractivity contribution >= 4 is 41.7 Å². The maximum Gasteiger partial charge on any atom is 0.227 e. The molecule has 0 aliphatic carbocycles. The van der Waals surface area contributed by atoms with Crippen molar-refractivity contribution in [1.29, 1.82) is 0 Å². The minimum atomic E-state index is -0.0965. The van der Waals surface area contributed by atoms with E-state index in [0.717, 1.165) is 17.9 Å². The Morgan fingerprint density at radius 1 is 1.28 bits per heavy atom. The van der Waals surface area contributed by atoms with E-state index in [-0.39, 0.29) is 29.9 Å². The molecule has 8 heteroatoms. The van der Waals surface area contributed by atoms with Gasteiger partial charge in [-0.25, -0.2) is 9.98 Å². The van der Waals surface area contributed by atoms with Crippen LogP contribution in [0, 0.1) is 6.92 Å². The number of aromatic nitrogens is 1. The summed E-state index contributed by atoms with van der Waals surface area (Å²) in [6, 6.07) is 7.39. The molecule has 0 fully saturated rings. The number of carbonyl (C=O) groups is 1. The molecule has 0 aliphatic rings. The van der Waals surface area contributed by atoms with Crippen LogP contribution in [0.5, 0.6) is 0 Å². The average Bonchev–Trinajstić information content (AvgIpc) is 3.08. The van der Waals surface area contributed by atoms with Gasteiger partial charge in [0.2, 0.25) is 5.91 Å². The third-order valence-electron chi connectivity index (χ3n) is 3.14. The van der Waals surface area contributed by atoms with Gasteiger partial charge in [-0.3, -0.25) is 4.79 Å². The first-order valence-corrected chi connectivity index (χ1v) is 7.94. The number of nitrogens with zero attached hydrogens (tertiary/aromatic N) is 2.